The van der Waals surface area contributed by atoms with Gasteiger partial charge in [0.15, 0.2) is 11.5 Å². The summed E-state index contributed by atoms with van der Waals surface area (Å²) in [5.41, 5.74) is 0.596. The Balaban J connectivity index is 1.32. The van der Waals surface area contributed by atoms with Crippen LogP contribution in [0.25, 0.3) is 0 Å². The molecule has 1 atom stereocenters. The van der Waals surface area contributed by atoms with Crippen LogP contribution in [0.5, 0.6) is 11.5 Å². The van der Waals surface area contributed by atoms with E-state index in [0.717, 1.165) is 19.4 Å². The van der Waals surface area contributed by atoms with Crippen molar-refractivity contribution in [1.82, 2.24) is 15.1 Å². The van der Waals surface area contributed by atoms with Crippen LogP contribution in [0.1, 0.15) is 29.6 Å². The van der Waals surface area contributed by atoms with E-state index in [1.54, 1.807) is 23.1 Å². The summed E-state index contributed by atoms with van der Waals surface area (Å²) < 4.78 is 10.6. The zero-order chi connectivity index (χ0) is 17.2. The van der Waals surface area contributed by atoms with Crippen molar-refractivity contribution >= 4 is 11.8 Å². The van der Waals surface area contributed by atoms with Gasteiger partial charge in [0.2, 0.25) is 12.7 Å². The van der Waals surface area contributed by atoms with Crippen molar-refractivity contribution in [2.24, 2.45) is 0 Å². The summed E-state index contributed by atoms with van der Waals surface area (Å²) in [6.45, 7) is 3.54. The number of rotatable bonds is 3. The fraction of sp³-hybridized carbons (Fsp3) is 0.556. The minimum atomic E-state index is -0.0251. The predicted octanol–water partition coefficient (Wildman–Crippen LogP) is 0.842. The summed E-state index contributed by atoms with van der Waals surface area (Å²) in [5, 5.41) is 3.36. The maximum absolute atomic E-state index is 12.7. The summed E-state index contributed by atoms with van der Waals surface area (Å²) >= 11 is 0. The second-order valence-corrected chi connectivity index (χ2v) is 6.74. The van der Waals surface area contributed by atoms with Gasteiger partial charge in [-0.2, -0.15) is 0 Å². The Bertz CT molecular complexity index is 664. The Labute approximate surface area is 146 Å². The number of hydrogen-bond acceptors (Lipinski definition) is 5. The Morgan fingerprint density at radius 3 is 2.60 bits per heavy atom. The van der Waals surface area contributed by atoms with E-state index in [-0.39, 0.29) is 18.6 Å². The van der Waals surface area contributed by atoms with Crippen molar-refractivity contribution in [1.29, 1.82) is 0 Å². The van der Waals surface area contributed by atoms with Gasteiger partial charge in [-0.05, 0) is 37.6 Å². The SMILES string of the molecule is O=C(CC1CCCN1)N1CCN(C(=O)c2ccc3c(c2)OCO3)CC1. The van der Waals surface area contributed by atoms with E-state index in [4.69, 9.17) is 9.47 Å². The van der Waals surface area contributed by atoms with Gasteiger partial charge in [-0.3, -0.25) is 9.59 Å². The van der Waals surface area contributed by atoms with Gasteiger partial charge in [0, 0.05) is 44.2 Å². The third-order valence-corrected chi connectivity index (χ3v) is 5.12. The molecule has 0 saturated carbocycles. The van der Waals surface area contributed by atoms with Crippen LogP contribution in [0, 0.1) is 0 Å². The van der Waals surface area contributed by atoms with Crippen LogP contribution in [0.3, 0.4) is 0 Å². The van der Waals surface area contributed by atoms with Gasteiger partial charge in [0.1, 0.15) is 0 Å². The molecule has 7 heteroatoms. The van der Waals surface area contributed by atoms with Crippen molar-refractivity contribution in [2.45, 2.75) is 25.3 Å². The average molecular weight is 345 g/mol. The summed E-state index contributed by atoms with van der Waals surface area (Å²) in [4.78, 5) is 28.7. The van der Waals surface area contributed by atoms with Gasteiger partial charge < -0.3 is 24.6 Å². The van der Waals surface area contributed by atoms with Crippen LogP contribution >= 0.6 is 0 Å². The second kappa shape index (κ2) is 6.92. The largest absolute Gasteiger partial charge is 0.454 e. The van der Waals surface area contributed by atoms with E-state index in [1.807, 2.05) is 4.90 Å². The van der Waals surface area contributed by atoms with E-state index in [2.05, 4.69) is 5.32 Å². The quantitative estimate of drug-likeness (QED) is 0.879. The summed E-state index contributed by atoms with van der Waals surface area (Å²) in [5.74, 6) is 1.45. The molecule has 0 bridgehead atoms. The number of nitrogens with zero attached hydrogens (tertiary/aromatic N) is 2. The fourth-order valence-corrected chi connectivity index (χ4v) is 3.64. The molecule has 2 saturated heterocycles. The van der Waals surface area contributed by atoms with Gasteiger partial charge in [-0.15, -0.1) is 0 Å². The van der Waals surface area contributed by atoms with E-state index in [9.17, 15) is 9.59 Å². The molecule has 2 fully saturated rings. The number of nitrogens with one attached hydrogen (secondary N) is 1. The first-order chi connectivity index (χ1) is 12.2. The van der Waals surface area contributed by atoms with Gasteiger partial charge in [0.25, 0.3) is 5.91 Å². The van der Waals surface area contributed by atoms with Gasteiger partial charge >= 0.3 is 0 Å². The Kier molecular flexibility index (Phi) is 4.48. The molecule has 1 unspecified atom stereocenters. The molecule has 4 rings (SSSR count). The highest BCUT2D eigenvalue weighted by atomic mass is 16.7. The highest BCUT2D eigenvalue weighted by Gasteiger charge is 2.27. The lowest BCUT2D eigenvalue weighted by Crippen LogP contribution is -2.51. The summed E-state index contributed by atoms with van der Waals surface area (Å²) in [6.07, 6.45) is 2.79. The lowest BCUT2D eigenvalue weighted by atomic mass is 10.1. The summed E-state index contributed by atoms with van der Waals surface area (Å²) in [7, 11) is 0. The topological polar surface area (TPSA) is 71.1 Å². The molecule has 0 aliphatic carbocycles. The molecule has 3 aliphatic heterocycles. The number of fused-ring (bicyclic) bond motifs is 1. The van der Waals surface area contributed by atoms with Gasteiger partial charge in [-0.1, -0.05) is 0 Å². The predicted molar refractivity (Wildman–Crippen MR) is 90.7 cm³/mol. The van der Waals surface area contributed by atoms with Crippen LogP contribution in [-0.4, -0.2) is 67.2 Å². The number of benzene rings is 1. The van der Waals surface area contributed by atoms with Gasteiger partial charge in [0.05, 0.1) is 0 Å². The molecule has 1 aromatic carbocycles. The van der Waals surface area contributed by atoms with Gasteiger partial charge in [-0.25, -0.2) is 0 Å². The first kappa shape index (κ1) is 16.2. The smallest absolute Gasteiger partial charge is 0.254 e. The zero-order valence-corrected chi connectivity index (χ0v) is 14.2. The maximum atomic E-state index is 12.7. The van der Waals surface area contributed by atoms with E-state index in [0.29, 0.717) is 55.7 Å². The van der Waals surface area contributed by atoms with E-state index < -0.39 is 0 Å². The molecule has 0 aromatic heterocycles. The van der Waals surface area contributed by atoms with Crippen LogP contribution in [0.2, 0.25) is 0 Å². The number of ether oxygens (including phenoxy) is 2. The average Bonchev–Trinajstić information content (AvgIpc) is 3.32. The molecule has 1 aromatic rings. The Morgan fingerprint density at radius 1 is 1.08 bits per heavy atom. The Morgan fingerprint density at radius 2 is 1.84 bits per heavy atom. The molecule has 134 valence electrons. The Hall–Kier alpha value is -2.28. The lowest BCUT2D eigenvalue weighted by Gasteiger charge is -2.35. The highest BCUT2D eigenvalue weighted by Crippen LogP contribution is 2.32. The lowest BCUT2D eigenvalue weighted by molar-refractivity contribution is -0.133. The van der Waals surface area contributed by atoms with E-state index in [1.165, 1.54) is 0 Å². The number of piperazine rings is 1. The maximum Gasteiger partial charge on any atom is 0.254 e. The third kappa shape index (κ3) is 3.42. The molecule has 2 amide bonds. The molecule has 0 radical (unpaired) electrons. The molecule has 3 aliphatic rings. The molecule has 7 nitrogen and oxygen atoms in total. The van der Waals surface area contributed by atoms with Crippen LogP contribution in [0.4, 0.5) is 0 Å². The monoisotopic (exact) mass is 345 g/mol. The normalized spacial score (nSPS) is 22.3. The minimum Gasteiger partial charge on any atom is -0.454 e. The van der Waals surface area contributed by atoms with Crippen molar-refractivity contribution < 1.29 is 19.1 Å². The van der Waals surface area contributed by atoms with Crippen LogP contribution in [-0.2, 0) is 4.79 Å². The minimum absolute atomic E-state index is 0.0251. The highest BCUT2D eigenvalue weighted by molar-refractivity contribution is 5.95. The number of hydrogen-bond donors (Lipinski definition) is 1. The van der Waals surface area contributed by atoms with Crippen LogP contribution in [0.15, 0.2) is 18.2 Å². The van der Waals surface area contributed by atoms with Crippen molar-refractivity contribution in [3.05, 3.63) is 23.8 Å². The molecule has 3 heterocycles. The molecular weight excluding hydrogens is 322 g/mol. The standard InChI is InChI=1S/C18H23N3O4/c22-17(11-14-2-1-5-19-14)20-6-8-21(9-7-20)18(23)13-3-4-15-16(10-13)25-12-24-15/h3-4,10,14,19H,1-2,5-9,11-12H2. The van der Waals surface area contributed by atoms with Crippen LogP contribution < -0.4 is 14.8 Å². The first-order valence-electron chi connectivity index (χ1n) is 8.91. The van der Waals surface area contributed by atoms with Crippen molar-refractivity contribution in [2.75, 3.05) is 39.5 Å². The van der Waals surface area contributed by atoms with Crippen molar-refractivity contribution in [3.63, 3.8) is 0 Å². The number of amides is 2. The fourth-order valence-electron chi connectivity index (χ4n) is 3.64. The molecule has 0 spiro atoms. The summed E-state index contributed by atoms with van der Waals surface area (Å²) in [6, 6.07) is 5.58. The molecule has 25 heavy (non-hydrogen) atoms. The molecule has 1 N–H and O–H groups in total. The van der Waals surface area contributed by atoms with E-state index >= 15 is 0 Å². The molecular formula is C18H23N3O4. The zero-order valence-electron chi connectivity index (χ0n) is 14.2. The van der Waals surface area contributed by atoms with Crippen molar-refractivity contribution in [3.8, 4) is 11.5 Å². The number of carbonyl (C=O) groups excluding carboxylic acids is 2. The first-order valence-corrected chi connectivity index (χ1v) is 8.91. The third-order valence-electron chi connectivity index (χ3n) is 5.12. The number of carbonyl (C=O) groups is 2. The second-order valence-electron chi connectivity index (χ2n) is 6.74.